The first-order valence-electron chi connectivity index (χ1n) is 14.5. The lowest BCUT2D eigenvalue weighted by Crippen LogP contribution is -2.49. The Bertz CT molecular complexity index is 1570. The van der Waals surface area contributed by atoms with Crippen molar-refractivity contribution in [1.82, 2.24) is 14.7 Å². The molecule has 2 N–H and O–H groups in total. The minimum atomic E-state index is -4.75. The van der Waals surface area contributed by atoms with Crippen LogP contribution in [-0.4, -0.2) is 46.6 Å². The number of fused-ring (bicyclic) bond motifs is 2. The Hall–Kier alpha value is -3.97. The fourth-order valence-electron chi connectivity index (χ4n) is 6.25. The molecule has 6 nitrogen and oxygen atoms in total. The van der Waals surface area contributed by atoms with Gasteiger partial charge in [-0.3, -0.25) is 4.90 Å². The van der Waals surface area contributed by atoms with E-state index in [1.165, 1.54) is 12.3 Å². The van der Waals surface area contributed by atoms with Crippen LogP contribution in [0.25, 0.3) is 0 Å². The van der Waals surface area contributed by atoms with Crippen molar-refractivity contribution in [3.63, 3.8) is 0 Å². The maximum Gasteiger partial charge on any atom is 0.449 e. The normalized spacial score (nSPS) is 19.3. The molecule has 1 aromatic heterocycles. The van der Waals surface area contributed by atoms with Gasteiger partial charge in [-0.25, -0.2) is 4.39 Å². The first kappa shape index (κ1) is 31.0. The van der Waals surface area contributed by atoms with E-state index in [9.17, 15) is 30.7 Å². The lowest BCUT2D eigenvalue weighted by atomic mass is 9.83. The molecule has 1 saturated heterocycles. The van der Waals surface area contributed by atoms with Crippen molar-refractivity contribution < 1.29 is 39.9 Å². The van der Waals surface area contributed by atoms with Gasteiger partial charge in [0.15, 0.2) is 0 Å². The van der Waals surface area contributed by atoms with E-state index in [0.717, 1.165) is 35.4 Å². The molecule has 0 radical (unpaired) electrons. The number of benzene rings is 2. The second kappa shape index (κ2) is 11.8. The van der Waals surface area contributed by atoms with E-state index in [1.54, 1.807) is 4.90 Å². The van der Waals surface area contributed by atoms with E-state index in [4.69, 9.17) is 14.9 Å². The summed E-state index contributed by atoms with van der Waals surface area (Å²) in [4.78, 5) is 5.54. The summed E-state index contributed by atoms with van der Waals surface area (Å²) in [7, 11) is 0. The average molecular weight is 637 g/mol. The highest BCUT2D eigenvalue weighted by molar-refractivity contribution is 5.44. The zero-order valence-corrected chi connectivity index (χ0v) is 24.0. The summed E-state index contributed by atoms with van der Waals surface area (Å²) in [5.41, 5.74) is 6.39. The van der Waals surface area contributed by atoms with Crippen molar-refractivity contribution in [2.45, 2.75) is 49.9 Å². The molecule has 13 heteroatoms. The Labute approximate surface area is 255 Å². The lowest BCUT2D eigenvalue weighted by molar-refractivity contribution is -0.153. The summed E-state index contributed by atoms with van der Waals surface area (Å²) in [6.45, 7) is 1.25. The van der Waals surface area contributed by atoms with Crippen LogP contribution in [0.1, 0.15) is 47.1 Å². The molecule has 240 valence electrons. The standard InChI is InChI=1S/C32H31F7N4O2/c33-26-8-4-7-24(31(34,35)36)23(26)16-43-20-42(18-27(40)21-5-2-1-3-6-21)17-25-28(43)19-44-30(25)11-13-41(14-12-30)15-22-9-10-29(45-22)32(37,38)39/h1-10,17,19,27H,11-16,18,20,40H2/t27-/m0/s1. The third-order valence-corrected chi connectivity index (χ3v) is 8.58. The van der Waals surface area contributed by atoms with Crippen LogP contribution in [0.3, 0.4) is 0 Å². The van der Waals surface area contributed by atoms with E-state index in [0.29, 0.717) is 38.2 Å². The van der Waals surface area contributed by atoms with Gasteiger partial charge in [0.25, 0.3) is 0 Å². The molecule has 0 saturated carbocycles. The average Bonchev–Trinajstić information content (AvgIpc) is 3.61. The van der Waals surface area contributed by atoms with Gasteiger partial charge in [-0.2, -0.15) is 26.3 Å². The topological polar surface area (TPSA) is 58.1 Å². The molecule has 3 aromatic rings. The summed E-state index contributed by atoms with van der Waals surface area (Å²) < 4.78 is 107. The number of piperidine rings is 1. The van der Waals surface area contributed by atoms with Gasteiger partial charge in [0.1, 0.15) is 23.4 Å². The number of alkyl halides is 6. The highest BCUT2D eigenvalue weighted by Gasteiger charge is 2.48. The van der Waals surface area contributed by atoms with Crippen molar-refractivity contribution >= 4 is 0 Å². The molecular weight excluding hydrogens is 605 g/mol. The van der Waals surface area contributed by atoms with Crippen LogP contribution in [0.4, 0.5) is 30.7 Å². The molecule has 6 rings (SSSR count). The number of ether oxygens (including phenoxy) is 1. The summed E-state index contributed by atoms with van der Waals surface area (Å²) in [6.07, 6.45) is -4.95. The van der Waals surface area contributed by atoms with Crippen molar-refractivity contribution in [1.29, 1.82) is 0 Å². The van der Waals surface area contributed by atoms with Crippen LogP contribution in [0, 0.1) is 5.82 Å². The molecule has 0 unspecified atom stereocenters. The molecule has 3 aliphatic heterocycles. The van der Waals surface area contributed by atoms with Gasteiger partial charge in [-0.15, -0.1) is 0 Å². The summed E-state index contributed by atoms with van der Waals surface area (Å²) in [6, 6.07) is 14.1. The molecule has 0 aliphatic carbocycles. The van der Waals surface area contributed by atoms with E-state index in [2.05, 4.69) is 0 Å². The SMILES string of the molecule is N[C@@H](CN1C=C2C(=COC23CCN(Cc2ccc(C(F)(F)F)o2)CC3)N(Cc2c(F)cccc2C(F)(F)F)C1)c1ccccc1. The first-order valence-corrected chi connectivity index (χ1v) is 14.5. The fraction of sp³-hybridized carbons (Fsp3) is 0.375. The van der Waals surface area contributed by atoms with Gasteiger partial charge in [0.2, 0.25) is 5.76 Å². The first-order chi connectivity index (χ1) is 21.3. The monoisotopic (exact) mass is 636 g/mol. The number of rotatable bonds is 7. The number of hydrogen-bond donors (Lipinski definition) is 1. The van der Waals surface area contributed by atoms with Crippen molar-refractivity contribution in [3.8, 4) is 0 Å². The van der Waals surface area contributed by atoms with Gasteiger partial charge in [-0.1, -0.05) is 36.4 Å². The van der Waals surface area contributed by atoms with Crippen molar-refractivity contribution in [2.75, 3.05) is 26.3 Å². The van der Waals surface area contributed by atoms with Gasteiger partial charge in [0.05, 0.1) is 24.5 Å². The quantitative estimate of drug-likeness (QED) is 0.282. The summed E-state index contributed by atoms with van der Waals surface area (Å²) in [5.74, 6) is -1.81. The number of nitrogens with zero attached hydrogens (tertiary/aromatic N) is 3. The summed E-state index contributed by atoms with van der Waals surface area (Å²) >= 11 is 0. The van der Waals surface area contributed by atoms with Gasteiger partial charge in [0, 0.05) is 62.4 Å². The smallest absolute Gasteiger partial charge is 0.449 e. The molecule has 1 fully saturated rings. The third-order valence-electron chi connectivity index (χ3n) is 8.58. The largest absolute Gasteiger partial charge is 0.488 e. The number of likely N-dealkylation sites (tertiary alicyclic amines) is 1. The molecule has 2 aromatic carbocycles. The van der Waals surface area contributed by atoms with Crippen LogP contribution >= 0.6 is 0 Å². The Morgan fingerprint density at radius 3 is 2.27 bits per heavy atom. The highest BCUT2D eigenvalue weighted by atomic mass is 19.4. The van der Waals surface area contributed by atoms with E-state index in [-0.39, 0.29) is 25.5 Å². The van der Waals surface area contributed by atoms with Crippen LogP contribution < -0.4 is 5.73 Å². The second-order valence-electron chi connectivity index (χ2n) is 11.6. The fourth-order valence-corrected chi connectivity index (χ4v) is 6.25. The minimum Gasteiger partial charge on any atom is -0.488 e. The van der Waals surface area contributed by atoms with E-state index < -0.39 is 46.7 Å². The third kappa shape index (κ3) is 6.41. The van der Waals surface area contributed by atoms with Crippen LogP contribution in [0.5, 0.6) is 0 Å². The second-order valence-corrected chi connectivity index (χ2v) is 11.6. The molecule has 3 aliphatic rings. The molecule has 4 heterocycles. The predicted octanol–water partition coefficient (Wildman–Crippen LogP) is 7.02. The molecule has 1 spiro atoms. The Morgan fingerprint density at radius 1 is 0.867 bits per heavy atom. The van der Waals surface area contributed by atoms with E-state index >= 15 is 0 Å². The molecule has 0 amide bonds. The van der Waals surface area contributed by atoms with E-state index in [1.807, 2.05) is 46.3 Å². The number of hydrogen-bond acceptors (Lipinski definition) is 6. The van der Waals surface area contributed by atoms with Crippen LogP contribution in [0.2, 0.25) is 0 Å². The van der Waals surface area contributed by atoms with Gasteiger partial charge in [-0.05, 0) is 29.8 Å². The number of halogens is 7. The van der Waals surface area contributed by atoms with Crippen LogP contribution in [0.15, 0.2) is 88.8 Å². The molecule has 0 bridgehead atoms. The Kier molecular flexibility index (Phi) is 8.10. The minimum absolute atomic E-state index is 0.146. The number of nitrogens with two attached hydrogens (primary N) is 1. The molecular formula is C32H31F7N4O2. The van der Waals surface area contributed by atoms with Crippen LogP contribution in [-0.2, 0) is 30.2 Å². The number of furan rings is 1. The van der Waals surface area contributed by atoms with Crippen molar-refractivity contribution in [3.05, 3.63) is 118 Å². The maximum absolute atomic E-state index is 14.9. The zero-order chi connectivity index (χ0) is 32.0. The summed E-state index contributed by atoms with van der Waals surface area (Å²) in [5, 5.41) is 0. The molecule has 1 atom stereocenters. The lowest BCUT2D eigenvalue weighted by Gasteiger charge is -2.44. The van der Waals surface area contributed by atoms with Gasteiger partial charge < -0.3 is 24.7 Å². The molecule has 45 heavy (non-hydrogen) atoms. The Balaban J connectivity index is 1.25. The maximum atomic E-state index is 14.9. The predicted molar refractivity (Wildman–Crippen MR) is 150 cm³/mol. The zero-order valence-electron chi connectivity index (χ0n) is 24.0. The Morgan fingerprint density at radius 2 is 1.60 bits per heavy atom. The highest BCUT2D eigenvalue weighted by Crippen LogP contribution is 2.46. The van der Waals surface area contributed by atoms with Crippen molar-refractivity contribution in [2.24, 2.45) is 5.73 Å². The van der Waals surface area contributed by atoms with Gasteiger partial charge >= 0.3 is 12.4 Å².